The Hall–Kier alpha value is -2.96. The number of carbonyl (C=O) groups is 1. The summed E-state index contributed by atoms with van der Waals surface area (Å²) in [6.07, 6.45) is 1.60. The summed E-state index contributed by atoms with van der Waals surface area (Å²) in [5.41, 5.74) is 4.00. The van der Waals surface area contributed by atoms with Crippen LogP contribution < -0.4 is 10.2 Å². The number of amides is 1. The first-order valence-electron chi connectivity index (χ1n) is 11.1. The molecule has 3 aromatic rings. The van der Waals surface area contributed by atoms with Gasteiger partial charge in [0.25, 0.3) is 0 Å². The Kier molecular flexibility index (Phi) is 5.94. The Labute approximate surface area is 183 Å². The zero-order chi connectivity index (χ0) is 22.1. The van der Waals surface area contributed by atoms with Gasteiger partial charge in [-0.1, -0.05) is 26.0 Å². The Morgan fingerprint density at radius 2 is 1.71 bits per heavy atom. The maximum Gasteiger partial charge on any atom is 0.225 e. The third-order valence-corrected chi connectivity index (χ3v) is 6.18. The van der Waals surface area contributed by atoms with Crippen LogP contribution in [0.1, 0.15) is 49.9 Å². The van der Waals surface area contributed by atoms with E-state index in [1.165, 1.54) is 0 Å². The third-order valence-electron chi connectivity index (χ3n) is 6.18. The normalized spacial score (nSPS) is 16.1. The summed E-state index contributed by atoms with van der Waals surface area (Å²) < 4.78 is 2.10. The minimum absolute atomic E-state index is 0.00177. The van der Waals surface area contributed by atoms with Gasteiger partial charge in [0.15, 0.2) is 0 Å². The van der Waals surface area contributed by atoms with Crippen molar-refractivity contribution in [1.82, 2.24) is 24.8 Å². The molecule has 1 fully saturated rings. The number of fused-ring (bicyclic) bond motifs is 1. The molecule has 4 rings (SSSR count). The number of hydrogen-bond donors (Lipinski definition) is 1. The molecular formula is C24H32N6O. The Morgan fingerprint density at radius 1 is 1.06 bits per heavy atom. The van der Waals surface area contributed by atoms with Gasteiger partial charge >= 0.3 is 0 Å². The predicted molar refractivity (Wildman–Crippen MR) is 123 cm³/mol. The number of benzene rings is 1. The molecule has 7 heteroatoms. The fraction of sp³-hybridized carbons (Fsp3) is 0.500. The number of nitrogens with one attached hydrogen (secondary N) is 1. The van der Waals surface area contributed by atoms with Gasteiger partial charge in [0.1, 0.15) is 5.82 Å². The van der Waals surface area contributed by atoms with Gasteiger partial charge < -0.3 is 14.8 Å². The standard InChI is InChI=1S/C24H32N6O/c1-15(2)21(22-27-19-8-6-7-9-20(19)29(22)5)28-23(31)18-10-12-30(13-11-18)24-25-16(3)14-17(4)26-24/h6-9,14-15,18,21H,10-13H2,1-5H3,(H,28,31)/t21-/m1/s1. The van der Waals surface area contributed by atoms with Crippen LogP contribution in [-0.2, 0) is 11.8 Å². The van der Waals surface area contributed by atoms with Crippen LogP contribution in [0.15, 0.2) is 30.3 Å². The lowest BCUT2D eigenvalue weighted by Gasteiger charge is -2.33. The van der Waals surface area contributed by atoms with Crippen LogP contribution in [0.2, 0.25) is 0 Å². The van der Waals surface area contributed by atoms with Gasteiger partial charge in [0.2, 0.25) is 11.9 Å². The fourth-order valence-electron chi connectivity index (χ4n) is 4.43. The second-order valence-electron chi connectivity index (χ2n) is 8.96. The van der Waals surface area contributed by atoms with Crippen molar-refractivity contribution in [2.24, 2.45) is 18.9 Å². The van der Waals surface area contributed by atoms with Crippen molar-refractivity contribution in [3.63, 3.8) is 0 Å². The van der Waals surface area contributed by atoms with Gasteiger partial charge in [0, 0.05) is 37.4 Å². The monoisotopic (exact) mass is 420 g/mol. The van der Waals surface area contributed by atoms with E-state index in [1.807, 2.05) is 45.2 Å². The largest absolute Gasteiger partial charge is 0.346 e. The second-order valence-corrected chi connectivity index (χ2v) is 8.96. The van der Waals surface area contributed by atoms with Crippen LogP contribution in [0.25, 0.3) is 11.0 Å². The first kappa shape index (κ1) is 21.3. The quantitative estimate of drug-likeness (QED) is 0.681. The minimum Gasteiger partial charge on any atom is -0.346 e. The van der Waals surface area contributed by atoms with Gasteiger partial charge in [-0.15, -0.1) is 0 Å². The molecule has 1 saturated heterocycles. The topological polar surface area (TPSA) is 75.9 Å². The molecule has 1 aromatic carbocycles. The molecule has 1 amide bonds. The molecule has 3 heterocycles. The number of aryl methyl sites for hydroxylation is 3. The number of hydrogen-bond acceptors (Lipinski definition) is 5. The predicted octanol–water partition coefficient (Wildman–Crippen LogP) is 3.71. The third kappa shape index (κ3) is 4.40. The maximum atomic E-state index is 13.2. The summed E-state index contributed by atoms with van der Waals surface area (Å²) in [6, 6.07) is 9.96. The zero-order valence-electron chi connectivity index (χ0n) is 19.1. The molecule has 0 unspecified atom stereocenters. The molecule has 2 aromatic heterocycles. The molecule has 164 valence electrons. The highest BCUT2D eigenvalue weighted by Crippen LogP contribution is 2.27. The lowest BCUT2D eigenvalue weighted by Crippen LogP contribution is -2.43. The van der Waals surface area contributed by atoms with Gasteiger partial charge in [-0.3, -0.25) is 4.79 Å². The number of piperidine rings is 1. The lowest BCUT2D eigenvalue weighted by atomic mass is 9.94. The highest BCUT2D eigenvalue weighted by atomic mass is 16.2. The van der Waals surface area contributed by atoms with Crippen molar-refractivity contribution >= 4 is 22.9 Å². The molecule has 1 aliphatic rings. The molecule has 1 aliphatic heterocycles. The van der Waals surface area contributed by atoms with E-state index >= 15 is 0 Å². The van der Waals surface area contributed by atoms with Crippen molar-refractivity contribution < 1.29 is 4.79 Å². The Balaban J connectivity index is 1.45. The fourth-order valence-corrected chi connectivity index (χ4v) is 4.43. The summed E-state index contributed by atoms with van der Waals surface area (Å²) in [7, 11) is 2.02. The van der Waals surface area contributed by atoms with Crippen molar-refractivity contribution in [3.8, 4) is 0 Å². The summed E-state index contributed by atoms with van der Waals surface area (Å²) in [6.45, 7) is 9.82. The van der Waals surface area contributed by atoms with Crippen molar-refractivity contribution in [2.75, 3.05) is 18.0 Å². The number of imidazole rings is 1. The van der Waals surface area contributed by atoms with Gasteiger partial charge in [-0.05, 0) is 50.8 Å². The van der Waals surface area contributed by atoms with Crippen LogP contribution in [0.4, 0.5) is 5.95 Å². The summed E-state index contributed by atoms with van der Waals surface area (Å²) in [5, 5.41) is 3.31. The molecule has 31 heavy (non-hydrogen) atoms. The van der Waals surface area contributed by atoms with E-state index in [9.17, 15) is 4.79 Å². The highest BCUT2D eigenvalue weighted by molar-refractivity contribution is 5.80. The van der Waals surface area contributed by atoms with Crippen LogP contribution in [0.5, 0.6) is 0 Å². The smallest absolute Gasteiger partial charge is 0.225 e. The number of anilines is 1. The van der Waals surface area contributed by atoms with E-state index in [-0.39, 0.29) is 23.8 Å². The van der Waals surface area contributed by atoms with E-state index in [0.29, 0.717) is 0 Å². The molecule has 0 bridgehead atoms. The van der Waals surface area contributed by atoms with Crippen LogP contribution >= 0.6 is 0 Å². The van der Waals surface area contributed by atoms with E-state index in [4.69, 9.17) is 4.98 Å². The lowest BCUT2D eigenvalue weighted by molar-refractivity contribution is -0.126. The Bertz CT molecular complexity index is 1060. The van der Waals surface area contributed by atoms with Crippen molar-refractivity contribution in [1.29, 1.82) is 0 Å². The van der Waals surface area contributed by atoms with Gasteiger partial charge in [-0.2, -0.15) is 0 Å². The van der Waals surface area contributed by atoms with E-state index in [1.54, 1.807) is 0 Å². The zero-order valence-corrected chi connectivity index (χ0v) is 19.1. The number of para-hydroxylation sites is 2. The number of rotatable bonds is 5. The van der Waals surface area contributed by atoms with Gasteiger partial charge in [0.05, 0.1) is 17.1 Å². The SMILES string of the molecule is Cc1cc(C)nc(N2CCC(C(=O)N[C@@H](c3nc4ccccc4n3C)C(C)C)CC2)n1. The molecule has 0 spiro atoms. The molecule has 1 atom stereocenters. The molecule has 0 aliphatic carbocycles. The number of aromatic nitrogens is 4. The first-order valence-corrected chi connectivity index (χ1v) is 11.1. The van der Waals surface area contributed by atoms with Crippen molar-refractivity contribution in [3.05, 3.63) is 47.5 Å². The summed E-state index contributed by atoms with van der Waals surface area (Å²) in [5.74, 6) is 2.04. The van der Waals surface area contributed by atoms with Crippen LogP contribution in [-0.4, -0.2) is 38.5 Å². The number of nitrogens with zero attached hydrogens (tertiary/aromatic N) is 5. The molecule has 7 nitrogen and oxygen atoms in total. The number of carbonyl (C=O) groups excluding carboxylic acids is 1. The van der Waals surface area contributed by atoms with E-state index in [2.05, 4.69) is 44.7 Å². The average molecular weight is 421 g/mol. The van der Waals surface area contributed by atoms with E-state index in [0.717, 1.165) is 60.1 Å². The van der Waals surface area contributed by atoms with Crippen molar-refractivity contribution in [2.45, 2.75) is 46.6 Å². The highest BCUT2D eigenvalue weighted by Gasteiger charge is 2.30. The summed E-state index contributed by atoms with van der Waals surface area (Å²) in [4.78, 5) is 29.3. The summed E-state index contributed by atoms with van der Waals surface area (Å²) >= 11 is 0. The van der Waals surface area contributed by atoms with Gasteiger partial charge in [-0.25, -0.2) is 15.0 Å². The average Bonchev–Trinajstić information content (AvgIpc) is 3.07. The maximum absolute atomic E-state index is 13.2. The van der Waals surface area contributed by atoms with Crippen LogP contribution in [0.3, 0.4) is 0 Å². The van der Waals surface area contributed by atoms with Crippen LogP contribution in [0, 0.1) is 25.7 Å². The minimum atomic E-state index is -0.120. The molecule has 0 radical (unpaired) electrons. The first-order chi connectivity index (χ1) is 14.8. The molecule has 0 saturated carbocycles. The Morgan fingerprint density at radius 3 is 2.32 bits per heavy atom. The molecular weight excluding hydrogens is 388 g/mol. The van der Waals surface area contributed by atoms with E-state index < -0.39 is 0 Å². The second kappa shape index (κ2) is 8.65. The molecule has 1 N–H and O–H groups in total.